The van der Waals surface area contributed by atoms with Gasteiger partial charge in [-0.15, -0.1) is 0 Å². The molecule has 0 aromatic carbocycles. The Labute approximate surface area is 123 Å². The fourth-order valence-electron chi connectivity index (χ4n) is 3.28. The molecule has 112 valence electrons. The van der Waals surface area contributed by atoms with Crippen LogP contribution in [0.25, 0.3) is 0 Å². The Balaban J connectivity index is 1.71. The summed E-state index contributed by atoms with van der Waals surface area (Å²) in [4.78, 5) is 11.4. The normalized spacial score (nSPS) is 23.8. The predicted octanol–water partition coefficient (Wildman–Crippen LogP) is 2.87. The van der Waals surface area contributed by atoms with Gasteiger partial charge in [-0.05, 0) is 51.1 Å². The zero-order valence-corrected chi connectivity index (χ0v) is 13.3. The molecule has 0 radical (unpaired) electrons. The molecule has 2 heterocycles. The van der Waals surface area contributed by atoms with Crippen molar-refractivity contribution in [3.8, 4) is 0 Å². The maximum Gasteiger partial charge on any atom is 0.223 e. The monoisotopic (exact) mass is 276 g/mol. The van der Waals surface area contributed by atoms with Crippen molar-refractivity contribution in [2.24, 2.45) is 11.8 Å². The van der Waals surface area contributed by atoms with Gasteiger partial charge in [0.25, 0.3) is 0 Å². The summed E-state index contributed by atoms with van der Waals surface area (Å²) in [5, 5.41) is 3.34. The quantitative estimate of drug-likeness (QED) is 0.840. The van der Waals surface area contributed by atoms with Gasteiger partial charge in [0.05, 0.1) is 0 Å². The van der Waals surface area contributed by atoms with Gasteiger partial charge < -0.3 is 10.2 Å². The van der Waals surface area contributed by atoms with Crippen LogP contribution in [0, 0.1) is 25.7 Å². The van der Waals surface area contributed by atoms with Crippen molar-refractivity contribution in [3.63, 3.8) is 0 Å². The first-order valence-corrected chi connectivity index (χ1v) is 7.81. The van der Waals surface area contributed by atoms with E-state index in [1.54, 1.807) is 0 Å². The van der Waals surface area contributed by atoms with E-state index in [9.17, 15) is 0 Å². The van der Waals surface area contributed by atoms with E-state index in [0.29, 0.717) is 0 Å². The zero-order chi connectivity index (χ0) is 14.5. The van der Waals surface area contributed by atoms with Crippen molar-refractivity contribution in [1.29, 1.82) is 0 Å². The largest absolute Gasteiger partial charge is 0.354 e. The first-order chi connectivity index (χ1) is 9.52. The Kier molecular flexibility index (Phi) is 5.35. The number of piperidine rings is 1. The highest BCUT2D eigenvalue weighted by Gasteiger charge is 2.20. The van der Waals surface area contributed by atoms with Crippen LogP contribution in [0.1, 0.15) is 38.1 Å². The number of likely N-dealkylation sites (tertiary alicyclic amines) is 1. The van der Waals surface area contributed by atoms with E-state index < -0.39 is 0 Å². The third-order valence-electron chi connectivity index (χ3n) is 3.86. The number of nitrogens with one attached hydrogen (secondary N) is 1. The summed E-state index contributed by atoms with van der Waals surface area (Å²) in [6, 6.07) is 2.00. The highest BCUT2D eigenvalue weighted by molar-refractivity contribution is 5.27. The number of anilines is 1. The predicted molar refractivity (Wildman–Crippen MR) is 84.0 cm³/mol. The molecule has 1 fully saturated rings. The van der Waals surface area contributed by atoms with Crippen molar-refractivity contribution >= 4 is 5.95 Å². The number of aryl methyl sites for hydroxylation is 2. The summed E-state index contributed by atoms with van der Waals surface area (Å²) in [7, 11) is 0. The molecular formula is C16H28N4. The maximum absolute atomic E-state index is 4.41. The molecule has 1 aliphatic heterocycles. The molecule has 2 rings (SSSR count). The Morgan fingerprint density at radius 3 is 2.35 bits per heavy atom. The van der Waals surface area contributed by atoms with Crippen molar-refractivity contribution < 1.29 is 0 Å². The van der Waals surface area contributed by atoms with Crippen molar-refractivity contribution in [2.75, 3.05) is 31.5 Å². The van der Waals surface area contributed by atoms with Crippen molar-refractivity contribution in [2.45, 2.75) is 40.5 Å². The summed E-state index contributed by atoms with van der Waals surface area (Å²) < 4.78 is 0. The minimum Gasteiger partial charge on any atom is -0.354 e. The second-order valence-electron chi connectivity index (χ2n) is 6.46. The first kappa shape index (κ1) is 15.2. The van der Waals surface area contributed by atoms with Crippen molar-refractivity contribution in [1.82, 2.24) is 14.9 Å². The van der Waals surface area contributed by atoms with Gasteiger partial charge in [-0.2, -0.15) is 0 Å². The van der Waals surface area contributed by atoms with Gasteiger partial charge >= 0.3 is 0 Å². The smallest absolute Gasteiger partial charge is 0.223 e. The van der Waals surface area contributed by atoms with Crippen molar-refractivity contribution in [3.05, 3.63) is 17.5 Å². The van der Waals surface area contributed by atoms with Gasteiger partial charge in [-0.3, -0.25) is 0 Å². The number of nitrogens with zero attached hydrogens (tertiary/aromatic N) is 3. The van der Waals surface area contributed by atoms with Crippen LogP contribution in [0.2, 0.25) is 0 Å². The van der Waals surface area contributed by atoms with Crippen LogP contribution in [0.3, 0.4) is 0 Å². The Morgan fingerprint density at radius 2 is 1.75 bits per heavy atom. The third-order valence-corrected chi connectivity index (χ3v) is 3.86. The van der Waals surface area contributed by atoms with E-state index in [2.05, 4.69) is 34.0 Å². The summed E-state index contributed by atoms with van der Waals surface area (Å²) in [6.45, 7) is 13.4. The molecule has 0 aliphatic carbocycles. The van der Waals surface area contributed by atoms with E-state index in [4.69, 9.17) is 0 Å². The van der Waals surface area contributed by atoms with Crippen LogP contribution < -0.4 is 5.32 Å². The average molecular weight is 276 g/mol. The lowest BCUT2D eigenvalue weighted by atomic mass is 9.92. The lowest BCUT2D eigenvalue weighted by Gasteiger charge is -2.34. The maximum atomic E-state index is 4.41. The van der Waals surface area contributed by atoms with Gasteiger partial charge in [-0.25, -0.2) is 9.97 Å². The molecule has 1 aromatic rings. The first-order valence-electron chi connectivity index (χ1n) is 7.81. The van der Waals surface area contributed by atoms with Crippen LogP contribution in [-0.4, -0.2) is 41.0 Å². The second-order valence-corrected chi connectivity index (χ2v) is 6.46. The van der Waals surface area contributed by atoms with E-state index in [1.165, 1.54) is 26.1 Å². The molecule has 1 N–H and O–H groups in total. The molecular weight excluding hydrogens is 248 g/mol. The Hall–Kier alpha value is -1.16. The SMILES string of the molecule is Cc1cc(C)nc(NCCCN2CC(C)CC(C)C2)n1. The fraction of sp³-hybridized carbons (Fsp3) is 0.750. The minimum atomic E-state index is 0.767. The van der Waals surface area contributed by atoms with E-state index in [0.717, 1.165) is 42.1 Å². The van der Waals surface area contributed by atoms with E-state index >= 15 is 0 Å². The average Bonchev–Trinajstić information content (AvgIpc) is 2.32. The van der Waals surface area contributed by atoms with E-state index in [1.807, 2.05) is 19.9 Å². The molecule has 2 atom stereocenters. The molecule has 20 heavy (non-hydrogen) atoms. The molecule has 1 aromatic heterocycles. The zero-order valence-electron chi connectivity index (χ0n) is 13.3. The topological polar surface area (TPSA) is 41.1 Å². The Bertz CT molecular complexity index is 402. The molecule has 0 amide bonds. The standard InChI is InChI=1S/C16H28N4/c1-12-8-13(2)11-20(10-12)7-5-6-17-16-18-14(3)9-15(4)19-16/h9,12-13H,5-8,10-11H2,1-4H3,(H,17,18,19). The summed E-state index contributed by atoms with van der Waals surface area (Å²) >= 11 is 0. The number of rotatable bonds is 5. The van der Waals surface area contributed by atoms with Crippen LogP contribution >= 0.6 is 0 Å². The lowest BCUT2D eigenvalue weighted by Crippen LogP contribution is -2.39. The van der Waals surface area contributed by atoms with Gasteiger partial charge in [-0.1, -0.05) is 13.8 Å². The van der Waals surface area contributed by atoms with Gasteiger partial charge in [0.2, 0.25) is 5.95 Å². The molecule has 1 aliphatic rings. The number of aromatic nitrogens is 2. The minimum absolute atomic E-state index is 0.767. The Morgan fingerprint density at radius 1 is 1.15 bits per heavy atom. The molecule has 1 saturated heterocycles. The molecule has 4 nitrogen and oxygen atoms in total. The summed E-state index contributed by atoms with van der Waals surface area (Å²) in [5.41, 5.74) is 2.05. The molecule has 0 spiro atoms. The summed E-state index contributed by atoms with van der Waals surface area (Å²) in [5.74, 6) is 2.45. The molecule has 4 heteroatoms. The van der Waals surface area contributed by atoms with Crippen LogP contribution in [0.15, 0.2) is 6.07 Å². The fourth-order valence-corrected chi connectivity index (χ4v) is 3.28. The van der Waals surface area contributed by atoms with Crippen LogP contribution in [0.4, 0.5) is 5.95 Å². The van der Waals surface area contributed by atoms with Gasteiger partial charge in [0.15, 0.2) is 0 Å². The molecule has 2 unspecified atom stereocenters. The highest BCUT2D eigenvalue weighted by atomic mass is 15.1. The lowest BCUT2D eigenvalue weighted by molar-refractivity contribution is 0.141. The molecule has 0 saturated carbocycles. The second kappa shape index (κ2) is 7.02. The molecule has 0 bridgehead atoms. The summed E-state index contributed by atoms with van der Waals surface area (Å²) in [6.07, 6.45) is 2.53. The van der Waals surface area contributed by atoms with Gasteiger partial charge in [0.1, 0.15) is 0 Å². The van der Waals surface area contributed by atoms with Gasteiger partial charge in [0, 0.05) is 31.0 Å². The van der Waals surface area contributed by atoms with E-state index in [-0.39, 0.29) is 0 Å². The van der Waals surface area contributed by atoms with Crippen LogP contribution in [0.5, 0.6) is 0 Å². The third kappa shape index (κ3) is 4.75. The van der Waals surface area contributed by atoms with Crippen LogP contribution in [-0.2, 0) is 0 Å². The number of hydrogen-bond donors (Lipinski definition) is 1. The highest BCUT2D eigenvalue weighted by Crippen LogP contribution is 2.20. The number of hydrogen-bond acceptors (Lipinski definition) is 4.